The van der Waals surface area contributed by atoms with Gasteiger partial charge in [0.2, 0.25) is 0 Å². The van der Waals surface area contributed by atoms with Crippen LogP contribution in [0.15, 0.2) is 0 Å². The summed E-state index contributed by atoms with van der Waals surface area (Å²) in [6, 6.07) is 0. The summed E-state index contributed by atoms with van der Waals surface area (Å²) in [7, 11) is -0.815. The van der Waals surface area contributed by atoms with E-state index in [2.05, 4.69) is 33.9 Å². The van der Waals surface area contributed by atoms with Crippen molar-refractivity contribution in [3.05, 3.63) is 0 Å². The van der Waals surface area contributed by atoms with E-state index in [1.807, 2.05) is 13.8 Å². The fourth-order valence-electron chi connectivity index (χ4n) is 1.97. The van der Waals surface area contributed by atoms with Crippen molar-refractivity contribution >= 4 is 25.9 Å². The minimum atomic E-state index is -2.13. The third-order valence-corrected chi connectivity index (χ3v) is 9.25. The van der Waals surface area contributed by atoms with Crippen LogP contribution in [0.25, 0.3) is 0 Å². The van der Waals surface area contributed by atoms with Crippen LogP contribution in [0.2, 0.25) is 18.1 Å². The Balaban J connectivity index is 3.00. The predicted molar refractivity (Wildman–Crippen MR) is 88.6 cm³/mol. The van der Waals surface area contributed by atoms with E-state index in [4.69, 9.17) is 30.2 Å². The zero-order chi connectivity index (χ0) is 17.3. The Bertz CT molecular complexity index is 405. The minimum absolute atomic E-state index is 0.00699. The van der Waals surface area contributed by atoms with Crippen LogP contribution < -0.4 is 0 Å². The molecule has 0 aromatic rings. The highest BCUT2D eigenvalue weighted by Crippen LogP contribution is 2.39. The van der Waals surface area contributed by atoms with Crippen LogP contribution >= 0.6 is 11.6 Å². The van der Waals surface area contributed by atoms with Crippen LogP contribution in [0.5, 0.6) is 0 Å². The van der Waals surface area contributed by atoms with Gasteiger partial charge in [-0.25, -0.2) is 0 Å². The molecule has 0 radical (unpaired) electrons. The standard InChI is InChI=1S/C15H29ClO5Si/c1-14(2,3)22(7,8)21-12(11(16)13(17)18-6)10-9-19-15(4,5)20-10/h10-12H,9H2,1-8H3/t10-,11+,12?/m1/s1. The first kappa shape index (κ1) is 19.9. The Labute approximate surface area is 139 Å². The summed E-state index contributed by atoms with van der Waals surface area (Å²) < 4.78 is 22.6. The van der Waals surface area contributed by atoms with E-state index in [1.165, 1.54) is 7.11 Å². The van der Waals surface area contributed by atoms with Crippen molar-refractivity contribution in [3.8, 4) is 0 Å². The number of carbonyl (C=O) groups excluding carboxylic acids is 1. The van der Waals surface area contributed by atoms with Crippen LogP contribution in [0.3, 0.4) is 0 Å². The second kappa shape index (κ2) is 6.77. The summed E-state index contributed by atoms with van der Waals surface area (Å²) in [4.78, 5) is 11.9. The van der Waals surface area contributed by atoms with Crippen molar-refractivity contribution in [3.63, 3.8) is 0 Å². The van der Waals surface area contributed by atoms with E-state index in [0.29, 0.717) is 6.61 Å². The lowest BCUT2D eigenvalue weighted by Crippen LogP contribution is -2.52. The van der Waals surface area contributed by atoms with E-state index >= 15 is 0 Å². The normalized spacial score (nSPS) is 24.9. The van der Waals surface area contributed by atoms with Crippen molar-refractivity contribution in [1.29, 1.82) is 0 Å². The van der Waals surface area contributed by atoms with Gasteiger partial charge in [0, 0.05) is 0 Å². The predicted octanol–water partition coefficient (Wildman–Crippen LogP) is 3.31. The maximum Gasteiger partial charge on any atom is 0.326 e. The Morgan fingerprint density at radius 1 is 1.36 bits per heavy atom. The number of esters is 1. The summed E-state index contributed by atoms with van der Waals surface area (Å²) in [5.74, 6) is -1.22. The molecule has 22 heavy (non-hydrogen) atoms. The third kappa shape index (κ3) is 4.68. The van der Waals surface area contributed by atoms with Gasteiger partial charge in [-0.2, -0.15) is 0 Å². The molecule has 0 saturated carbocycles. The van der Waals surface area contributed by atoms with Gasteiger partial charge in [0.25, 0.3) is 0 Å². The summed E-state index contributed by atoms with van der Waals surface area (Å²) in [5, 5.41) is -0.936. The molecule has 0 aromatic carbocycles. The number of hydrogen-bond donors (Lipinski definition) is 0. The van der Waals surface area contributed by atoms with E-state index in [-0.39, 0.29) is 5.04 Å². The molecule has 0 aliphatic carbocycles. The van der Waals surface area contributed by atoms with Gasteiger partial charge in [0.15, 0.2) is 19.5 Å². The van der Waals surface area contributed by atoms with Crippen molar-refractivity contribution < 1.29 is 23.4 Å². The first-order chi connectivity index (χ1) is 9.81. The fraction of sp³-hybridized carbons (Fsp3) is 0.933. The molecule has 7 heteroatoms. The molecule has 130 valence electrons. The van der Waals surface area contributed by atoms with Crippen LogP contribution in [0, 0.1) is 0 Å². The molecule has 1 aliphatic rings. The zero-order valence-electron chi connectivity index (χ0n) is 14.9. The number of carbonyl (C=O) groups is 1. The second-order valence-corrected chi connectivity index (χ2v) is 12.9. The molecule has 0 bridgehead atoms. The second-order valence-electron chi connectivity index (χ2n) is 7.63. The molecular weight excluding hydrogens is 324 g/mol. The van der Waals surface area contributed by atoms with Crippen molar-refractivity contribution in [2.75, 3.05) is 13.7 Å². The molecule has 1 heterocycles. The monoisotopic (exact) mass is 352 g/mol. The lowest BCUT2D eigenvalue weighted by Gasteiger charge is -2.41. The highest BCUT2D eigenvalue weighted by Gasteiger charge is 2.48. The molecule has 1 unspecified atom stereocenters. The van der Waals surface area contributed by atoms with Gasteiger partial charge >= 0.3 is 5.97 Å². The van der Waals surface area contributed by atoms with E-state index in [1.54, 1.807) is 0 Å². The Morgan fingerprint density at radius 3 is 2.27 bits per heavy atom. The Hall–Kier alpha value is -0.143. The zero-order valence-corrected chi connectivity index (χ0v) is 16.6. The number of rotatable bonds is 5. The van der Waals surface area contributed by atoms with Gasteiger partial charge in [-0.3, -0.25) is 4.79 Å². The Kier molecular flexibility index (Phi) is 6.12. The van der Waals surface area contributed by atoms with Gasteiger partial charge in [0.1, 0.15) is 12.2 Å². The lowest BCUT2D eigenvalue weighted by atomic mass is 10.1. The van der Waals surface area contributed by atoms with Crippen LogP contribution in [0.4, 0.5) is 0 Å². The molecular formula is C15H29ClO5Si. The largest absolute Gasteiger partial charge is 0.468 e. The van der Waals surface area contributed by atoms with Crippen LogP contribution in [0.1, 0.15) is 34.6 Å². The van der Waals surface area contributed by atoms with E-state index in [9.17, 15) is 4.79 Å². The smallest absolute Gasteiger partial charge is 0.326 e. The molecule has 0 spiro atoms. The Morgan fingerprint density at radius 2 is 1.91 bits per heavy atom. The quantitative estimate of drug-likeness (QED) is 0.431. The summed E-state index contributed by atoms with van der Waals surface area (Å²) in [6.07, 6.45) is -0.998. The van der Waals surface area contributed by atoms with Gasteiger partial charge in [-0.1, -0.05) is 20.8 Å². The summed E-state index contributed by atoms with van der Waals surface area (Å²) in [5.41, 5.74) is 0. The summed E-state index contributed by atoms with van der Waals surface area (Å²) in [6.45, 7) is 14.6. The van der Waals surface area contributed by atoms with Gasteiger partial charge in [0.05, 0.1) is 13.7 Å². The average Bonchev–Trinajstić information content (AvgIpc) is 2.73. The number of hydrogen-bond acceptors (Lipinski definition) is 5. The maximum atomic E-state index is 11.9. The first-order valence-electron chi connectivity index (χ1n) is 7.52. The summed E-state index contributed by atoms with van der Waals surface area (Å²) >= 11 is 6.31. The maximum absolute atomic E-state index is 11.9. The van der Waals surface area contributed by atoms with Crippen molar-refractivity contribution in [1.82, 2.24) is 0 Å². The van der Waals surface area contributed by atoms with Crippen LogP contribution in [-0.4, -0.2) is 51.4 Å². The molecule has 1 aliphatic heterocycles. The number of ether oxygens (including phenoxy) is 3. The van der Waals surface area contributed by atoms with Crippen molar-refractivity contribution in [2.45, 2.75) is 76.1 Å². The molecule has 0 aromatic heterocycles. The average molecular weight is 353 g/mol. The number of alkyl halides is 1. The van der Waals surface area contributed by atoms with Crippen LogP contribution in [-0.2, 0) is 23.4 Å². The fourth-order valence-corrected chi connectivity index (χ4v) is 3.68. The van der Waals surface area contributed by atoms with Gasteiger partial charge < -0.3 is 18.6 Å². The molecule has 5 nitrogen and oxygen atoms in total. The number of methoxy groups -OCH3 is 1. The SMILES string of the molecule is COC(=O)[C@@H](Cl)C(O[Si](C)(C)C(C)(C)C)[C@H]1COC(C)(C)O1. The highest BCUT2D eigenvalue weighted by atomic mass is 35.5. The highest BCUT2D eigenvalue weighted by molar-refractivity contribution is 6.74. The molecule has 1 saturated heterocycles. The van der Waals surface area contributed by atoms with E-state index < -0.39 is 37.7 Å². The van der Waals surface area contributed by atoms with Crippen molar-refractivity contribution in [2.24, 2.45) is 0 Å². The molecule has 1 fully saturated rings. The molecule has 0 N–H and O–H groups in total. The molecule has 0 amide bonds. The first-order valence-corrected chi connectivity index (χ1v) is 10.9. The number of halogens is 1. The van der Waals surface area contributed by atoms with E-state index in [0.717, 1.165) is 0 Å². The minimum Gasteiger partial charge on any atom is -0.468 e. The van der Waals surface area contributed by atoms with Gasteiger partial charge in [-0.05, 0) is 32.0 Å². The third-order valence-electron chi connectivity index (χ3n) is 4.35. The lowest BCUT2D eigenvalue weighted by molar-refractivity contribution is -0.156. The topological polar surface area (TPSA) is 54.0 Å². The van der Waals surface area contributed by atoms with Gasteiger partial charge in [-0.15, -0.1) is 11.6 Å². The molecule has 3 atom stereocenters. The molecule has 1 rings (SSSR count).